The Labute approximate surface area is 142 Å². The highest BCUT2D eigenvalue weighted by Crippen LogP contribution is 2.33. The molecular formula is C19H14FN3O2. The summed E-state index contributed by atoms with van der Waals surface area (Å²) in [5.74, 6) is -0.694. The number of halogens is 1. The molecule has 0 saturated heterocycles. The average molecular weight is 335 g/mol. The molecule has 6 heteroatoms. The molecule has 0 aliphatic heterocycles. The number of aromatic amines is 1. The summed E-state index contributed by atoms with van der Waals surface area (Å²) in [6.45, 7) is 0. The van der Waals surface area contributed by atoms with Crippen LogP contribution in [-0.2, 0) is 0 Å². The second kappa shape index (κ2) is 5.99. The molecule has 0 aliphatic carbocycles. The van der Waals surface area contributed by atoms with Crippen LogP contribution in [0.3, 0.4) is 0 Å². The summed E-state index contributed by atoms with van der Waals surface area (Å²) in [5, 5.41) is 20.9. The van der Waals surface area contributed by atoms with E-state index in [9.17, 15) is 14.6 Å². The van der Waals surface area contributed by atoms with Crippen LogP contribution in [0.25, 0.3) is 22.2 Å². The highest BCUT2D eigenvalue weighted by Gasteiger charge is 2.20. The zero-order chi connectivity index (χ0) is 17.4. The summed E-state index contributed by atoms with van der Waals surface area (Å²) in [4.78, 5) is 11.4. The molecule has 5 nitrogen and oxygen atoms in total. The van der Waals surface area contributed by atoms with Crippen molar-refractivity contribution in [3.05, 3.63) is 78.1 Å². The van der Waals surface area contributed by atoms with E-state index in [0.29, 0.717) is 16.6 Å². The highest BCUT2D eigenvalue weighted by molar-refractivity contribution is 5.85. The summed E-state index contributed by atoms with van der Waals surface area (Å²) in [7, 11) is 0. The van der Waals surface area contributed by atoms with Gasteiger partial charge in [0.1, 0.15) is 23.3 Å². The molecular weight excluding hydrogens is 321 g/mol. The Kier molecular flexibility index (Phi) is 3.66. The number of nitrogens with zero attached hydrogens (tertiary/aromatic N) is 2. The molecule has 1 atom stereocenters. The van der Waals surface area contributed by atoms with Gasteiger partial charge in [0, 0.05) is 52.4 Å². The van der Waals surface area contributed by atoms with Crippen LogP contribution in [0.1, 0.15) is 17.2 Å². The van der Waals surface area contributed by atoms with Crippen LogP contribution in [-0.4, -0.2) is 25.2 Å². The maximum absolute atomic E-state index is 14.1. The summed E-state index contributed by atoms with van der Waals surface area (Å²) >= 11 is 0. The first-order valence-electron chi connectivity index (χ1n) is 7.67. The first-order chi connectivity index (χ1) is 12.1. The molecule has 0 amide bonds. The van der Waals surface area contributed by atoms with E-state index in [1.54, 1.807) is 24.8 Å². The van der Waals surface area contributed by atoms with Crippen LogP contribution in [0.5, 0.6) is 5.75 Å². The molecule has 0 fully saturated rings. The highest BCUT2D eigenvalue weighted by atomic mass is 19.1. The lowest BCUT2D eigenvalue weighted by Crippen LogP contribution is -2.02. The Morgan fingerprint density at radius 1 is 1.04 bits per heavy atom. The number of hydrogen-bond donors (Lipinski definition) is 3. The molecule has 1 aromatic carbocycles. The monoisotopic (exact) mass is 335 g/mol. The first kappa shape index (κ1) is 15.3. The van der Waals surface area contributed by atoms with Crippen molar-refractivity contribution in [1.29, 1.82) is 0 Å². The van der Waals surface area contributed by atoms with Crippen LogP contribution in [0, 0.1) is 5.82 Å². The number of aromatic hydroxyl groups is 1. The van der Waals surface area contributed by atoms with Crippen molar-refractivity contribution in [3.8, 4) is 16.9 Å². The normalized spacial score (nSPS) is 12.4. The molecule has 4 aromatic rings. The molecule has 3 aromatic heterocycles. The summed E-state index contributed by atoms with van der Waals surface area (Å²) < 4.78 is 14.1. The van der Waals surface area contributed by atoms with Crippen LogP contribution < -0.4 is 0 Å². The van der Waals surface area contributed by atoms with Gasteiger partial charge < -0.3 is 15.2 Å². The lowest BCUT2D eigenvalue weighted by molar-refractivity contribution is 0.216. The number of hydrogen-bond acceptors (Lipinski definition) is 4. The predicted molar refractivity (Wildman–Crippen MR) is 91.5 cm³/mol. The molecule has 0 saturated carbocycles. The van der Waals surface area contributed by atoms with Gasteiger partial charge in [-0.05, 0) is 30.3 Å². The van der Waals surface area contributed by atoms with Gasteiger partial charge in [0.2, 0.25) is 0 Å². The van der Waals surface area contributed by atoms with E-state index in [-0.39, 0.29) is 11.3 Å². The van der Waals surface area contributed by atoms with Gasteiger partial charge in [-0.3, -0.25) is 4.98 Å². The second-order valence-corrected chi connectivity index (χ2v) is 5.71. The first-order valence-corrected chi connectivity index (χ1v) is 7.67. The number of aliphatic hydroxyl groups is 1. The van der Waals surface area contributed by atoms with Crippen LogP contribution in [0.2, 0.25) is 0 Å². The van der Waals surface area contributed by atoms with Crippen molar-refractivity contribution < 1.29 is 14.6 Å². The quantitative estimate of drug-likeness (QED) is 0.535. The maximum Gasteiger partial charge on any atom is 0.137 e. The van der Waals surface area contributed by atoms with Crippen LogP contribution >= 0.6 is 0 Å². The lowest BCUT2D eigenvalue weighted by Gasteiger charge is -2.12. The molecule has 25 heavy (non-hydrogen) atoms. The number of aromatic nitrogens is 3. The van der Waals surface area contributed by atoms with Crippen molar-refractivity contribution in [2.45, 2.75) is 6.10 Å². The van der Waals surface area contributed by atoms with Gasteiger partial charge in [-0.15, -0.1) is 0 Å². The van der Waals surface area contributed by atoms with Gasteiger partial charge in [0.25, 0.3) is 0 Å². The van der Waals surface area contributed by atoms with Crippen molar-refractivity contribution in [1.82, 2.24) is 15.0 Å². The third-order valence-corrected chi connectivity index (χ3v) is 4.13. The van der Waals surface area contributed by atoms with Crippen LogP contribution in [0.15, 0.2) is 61.2 Å². The van der Waals surface area contributed by atoms with Gasteiger partial charge in [0.05, 0.1) is 0 Å². The molecule has 0 spiro atoms. The number of fused-ring (bicyclic) bond motifs is 1. The fourth-order valence-corrected chi connectivity index (χ4v) is 2.85. The zero-order valence-electron chi connectivity index (χ0n) is 13.0. The minimum atomic E-state index is -1.23. The standard InChI is InChI=1S/C19H14FN3O2/c20-17-4-3-13(24)7-15(17)18(25)16-10-23-19-14(16)6-12(9-22-19)11-2-1-5-21-8-11/h1-10,18,24-25H,(H,22,23). The van der Waals surface area contributed by atoms with E-state index in [1.165, 1.54) is 12.1 Å². The van der Waals surface area contributed by atoms with Gasteiger partial charge in [-0.25, -0.2) is 9.37 Å². The van der Waals surface area contributed by atoms with E-state index >= 15 is 0 Å². The molecule has 0 bridgehead atoms. The average Bonchev–Trinajstić information content (AvgIpc) is 3.07. The van der Waals surface area contributed by atoms with Gasteiger partial charge in [-0.1, -0.05) is 6.07 Å². The third kappa shape index (κ3) is 2.72. The van der Waals surface area contributed by atoms with Crippen molar-refractivity contribution in [2.75, 3.05) is 0 Å². The van der Waals surface area contributed by atoms with E-state index < -0.39 is 11.9 Å². The number of nitrogens with one attached hydrogen (secondary N) is 1. The van der Waals surface area contributed by atoms with Gasteiger partial charge in [0.15, 0.2) is 0 Å². The summed E-state index contributed by atoms with van der Waals surface area (Å²) in [6, 6.07) is 9.19. The van der Waals surface area contributed by atoms with E-state index in [2.05, 4.69) is 15.0 Å². The van der Waals surface area contributed by atoms with Gasteiger partial charge >= 0.3 is 0 Å². The number of rotatable bonds is 3. The molecule has 3 heterocycles. The maximum atomic E-state index is 14.1. The number of H-pyrrole nitrogens is 1. The van der Waals surface area contributed by atoms with Gasteiger partial charge in [-0.2, -0.15) is 0 Å². The van der Waals surface area contributed by atoms with Crippen molar-refractivity contribution in [3.63, 3.8) is 0 Å². The predicted octanol–water partition coefficient (Wildman–Crippen LogP) is 3.55. The molecule has 0 aliphatic rings. The Hall–Kier alpha value is -3.25. The number of pyridine rings is 2. The summed E-state index contributed by atoms with van der Waals surface area (Å²) in [5.41, 5.74) is 2.81. The van der Waals surface area contributed by atoms with E-state index in [4.69, 9.17) is 0 Å². The largest absolute Gasteiger partial charge is 0.508 e. The Morgan fingerprint density at radius 2 is 1.92 bits per heavy atom. The second-order valence-electron chi connectivity index (χ2n) is 5.71. The van der Waals surface area contributed by atoms with E-state index in [0.717, 1.165) is 17.2 Å². The zero-order valence-corrected chi connectivity index (χ0v) is 13.0. The Bertz CT molecular complexity index is 1050. The Morgan fingerprint density at radius 3 is 2.72 bits per heavy atom. The molecule has 0 radical (unpaired) electrons. The van der Waals surface area contributed by atoms with Crippen molar-refractivity contribution in [2.24, 2.45) is 0 Å². The molecule has 124 valence electrons. The smallest absolute Gasteiger partial charge is 0.137 e. The SMILES string of the molecule is Oc1ccc(F)c(C(O)c2c[nH]c3ncc(-c4cccnc4)cc23)c1. The Balaban J connectivity index is 1.83. The minimum Gasteiger partial charge on any atom is -0.508 e. The fraction of sp³-hybridized carbons (Fsp3) is 0.0526. The third-order valence-electron chi connectivity index (χ3n) is 4.13. The fourth-order valence-electron chi connectivity index (χ4n) is 2.85. The number of aliphatic hydroxyl groups excluding tert-OH is 1. The summed E-state index contributed by atoms with van der Waals surface area (Å²) in [6.07, 6.45) is 5.48. The number of phenolic OH excluding ortho intramolecular Hbond substituents is 1. The van der Waals surface area contributed by atoms with Crippen molar-refractivity contribution >= 4 is 11.0 Å². The minimum absolute atomic E-state index is 0.00711. The molecule has 3 N–H and O–H groups in total. The molecule has 4 rings (SSSR count). The van der Waals surface area contributed by atoms with Crippen LogP contribution in [0.4, 0.5) is 4.39 Å². The topological polar surface area (TPSA) is 82.0 Å². The lowest BCUT2D eigenvalue weighted by atomic mass is 9.99. The van der Waals surface area contributed by atoms with E-state index in [1.807, 2.05) is 18.2 Å². The number of benzene rings is 1. The number of phenols is 1. The molecule has 1 unspecified atom stereocenters.